The maximum absolute atomic E-state index is 12.8. The highest BCUT2D eigenvalue weighted by Crippen LogP contribution is 2.45. The van der Waals surface area contributed by atoms with Gasteiger partial charge in [0.1, 0.15) is 4.75 Å². The van der Waals surface area contributed by atoms with Crippen LogP contribution >= 0.6 is 0 Å². The number of ether oxygens (including phenoxy) is 1. The van der Waals surface area contributed by atoms with E-state index in [0.717, 1.165) is 10.8 Å². The third-order valence-corrected chi connectivity index (χ3v) is 8.27. The van der Waals surface area contributed by atoms with Crippen molar-refractivity contribution in [2.75, 3.05) is 32.6 Å². The van der Waals surface area contributed by atoms with Gasteiger partial charge in [-0.2, -0.15) is 0 Å². The van der Waals surface area contributed by atoms with Crippen LogP contribution in [0.4, 0.5) is 0 Å². The quantitative estimate of drug-likeness (QED) is 0.842. The second-order valence-corrected chi connectivity index (χ2v) is 9.50. The van der Waals surface area contributed by atoms with Crippen molar-refractivity contribution >= 4 is 26.5 Å². The minimum Gasteiger partial charge on any atom is -0.384 e. The zero-order valence-corrected chi connectivity index (χ0v) is 15.0. The molecule has 1 amide bonds. The van der Waals surface area contributed by atoms with Gasteiger partial charge >= 0.3 is 0 Å². The van der Waals surface area contributed by atoms with Gasteiger partial charge in [-0.25, -0.2) is 8.42 Å². The van der Waals surface area contributed by atoms with Gasteiger partial charge in [-0.1, -0.05) is 30.3 Å². The molecule has 0 aliphatic carbocycles. The maximum atomic E-state index is 12.8. The van der Waals surface area contributed by atoms with Crippen LogP contribution in [-0.2, 0) is 14.6 Å². The van der Waals surface area contributed by atoms with Crippen LogP contribution in [-0.4, -0.2) is 56.5 Å². The summed E-state index contributed by atoms with van der Waals surface area (Å²) in [4.78, 5) is 14.4. The molecule has 0 N–H and O–H groups in total. The van der Waals surface area contributed by atoms with Gasteiger partial charge in [0, 0.05) is 31.7 Å². The fraction of sp³-hybridized carbons (Fsp3) is 0.421. The number of rotatable bonds is 3. The van der Waals surface area contributed by atoms with Crippen molar-refractivity contribution in [2.45, 2.75) is 11.2 Å². The van der Waals surface area contributed by atoms with Crippen molar-refractivity contribution in [1.29, 1.82) is 0 Å². The first-order valence-corrected chi connectivity index (χ1v) is 10.1. The van der Waals surface area contributed by atoms with E-state index >= 15 is 0 Å². The van der Waals surface area contributed by atoms with E-state index in [1.54, 1.807) is 12.0 Å². The van der Waals surface area contributed by atoms with Crippen LogP contribution in [0.1, 0.15) is 16.8 Å². The van der Waals surface area contributed by atoms with Crippen LogP contribution < -0.4 is 0 Å². The van der Waals surface area contributed by atoms with Crippen LogP contribution in [0.3, 0.4) is 0 Å². The van der Waals surface area contributed by atoms with Crippen LogP contribution in [0.15, 0.2) is 42.5 Å². The lowest BCUT2D eigenvalue weighted by Crippen LogP contribution is -2.68. The molecule has 2 heterocycles. The molecule has 0 bridgehead atoms. The van der Waals surface area contributed by atoms with E-state index in [4.69, 9.17) is 4.74 Å². The number of benzene rings is 2. The van der Waals surface area contributed by atoms with Crippen LogP contribution in [0.25, 0.3) is 10.8 Å². The van der Waals surface area contributed by atoms with Gasteiger partial charge in [0.25, 0.3) is 5.91 Å². The van der Waals surface area contributed by atoms with E-state index in [2.05, 4.69) is 0 Å². The molecule has 2 saturated heterocycles. The van der Waals surface area contributed by atoms with E-state index in [1.807, 2.05) is 42.5 Å². The summed E-state index contributed by atoms with van der Waals surface area (Å²) in [5.41, 5.74) is 0.604. The normalized spacial score (nSPS) is 23.7. The Morgan fingerprint density at radius 1 is 1.20 bits per heavy atom. The molecule has 0 radical (unpaired) electrons. The lowest BCUT2D eigenvalue weighted by molar-refractivity contribution is 0.0337. The van der Waals surface area contributed by atoms with Crippen molar-refractivity contribution < 1.29 is 17.9 Å². The summed E-state index contributed by atoms with van der Waals surface area (Å²) in [6.45, 7) is 0.973. The third kappa shape index (κ3) is 2.47. The Labute approximate surface area is 147 Å². The molecule has 1 atom stereocenters. The third-order valence-electron chi connectivity index (χ3n) is 5.67. The number of likely N-dealkylation sites (tertiary alicyclic amines) is 1. The number of sulfone groups is 1. The highest BCUT2D eigenvalue weighted by atomic mass is 32.2. The van der Waals surface area contributed by atoms with Crippen molar-refractivity contribution in [2.24, 2.45) is 5.92 Å². The Kier molecular flexibility index (Phi) is 3.85. The maximum Gasteiger partial charge on any atom is 0.253 e. The first-order chi connectivity index (χ1) is 12.0. The zero-order valence-electron chi connectivity index (χ0n) is 14.1. The van der Waals surface area contributed by atoms with Crippen molar-refractivity contribution in [3.05, 3.63) is 48.0 Å². The minimum atomic E-state index is -3.18. The number of hydrogen-bond donors (Lipinski definition) is 0. The lowest BCUT2D eigenvalue weighted by Gasteiger charge is -2.49. The molecular formula is C19H21NO4S. The Morgan fingerprint density at radius 2 is 1.92 bits per heavy atom. The highest BCUT2D eigenvalue weighted by Gasteiger charge is 2.62. The molecule has 2 aliphatic heterocycles. The van der Waals surface area contributed by atoms with E-state index in [1.165, 1.54) is 0 Å². The molecule has 1 spiro atoms. The summed E-state index contributed by atoms with van der Waals surface area (Å²) >= 11 is 0. The van der Waals surface area contributed by atoms with Crippen LogP contribution in [0.2, 0.25) is 0 Å². The van der Waals surface area contributed by atoms with E-state index in [9.17, 15) is 13.2 Å². The molecule has 5 nitrogen and oxygen atoms in total. The molecule has 6 heteroatoms. The Bertz CT molecular complexity index is 931. The van der Waals surface area contributed by atoms with Gasteiger partial charge in [0.05, 0.1) is 12.4 Å². The molecule has 25 heavy (non-hydrogen) atoms. The van der Waals surface area contributed by atoms with Gasteiger partial charge < -0.3 is 9.64 Å². The number of carbonyl (C=O) groups is 1. The monoisotopic (exact) mass is 359 g/mol. The summed E-state index contributed by atoms with van der Waals surface area (Å²) < 4.78 is 29.5. The summed E-state index contributed by atoms with van der Waals surface area (Å²) in [6.07, 6.45) is 0.619. The number of carbonyl (C=O) groups excluding carboxylic acids is 1. The van der Waals surface area contributed by atoms with Gasteiger partial charge in [0.2, 0.25) is 0 Å². The highest BCUT2D eigenvalue weighted by molar-refractivity contribution is 7.93. The largest absolute Gasteiger partial charge is 0.384 e. The predicted molar refractivity (Wildman–Crippen MR) is 96.4 cm³/mol. The van der Waals surface area contributed by atoms with Gasteiger partial charge in [-0.3, -0.25) is 4.79 Å². The summed E-state index contributed by atoms with van der Waals surface area (Å²) in [5, 5.41) is 2.09. The summed E-state index contributed by atoms with van der Waals surface area (Å²) in [6, 6.07) is 13.5. The molecular weight excluding hydrogens is 338 g/mol. The number of amides is 1. The Balaban J connectivity index is 1.57. The molecule has 2 aromatic rings. The first kappa shape index (κ1) is 16.5. The van der Waals surface area contributed by atoms with Crippen LogP contribution in [0, 0.1) is 5.92 Å². The van der Waals surface area contributed by atoms with E-state index in [0.29, 0.717) is 18.6 Å². The molecule has 2 aliphatic rings. The van der Waals surface area contributed by atoms with E-state index < -0.39 is 14.6 Å². The van der Waals surface area contributed by atoms with Crippen molar-refractivity contribution in [3.63, 3.8) is 0 Å². The predicted octanol–water partition coefficient (Wildman–Crippen LogP) is 2.12. The number of hydrogen-bond acceptors (Lipinski definition) is 4. The first-order valence-electron chi connectivity index (χ1n) is 8.46. The lowest BCUT2D eigenvalue weighted by atomic mass is 9.83. The molecule has 2 aromatic carbocycles. The Hall–Kier alpha value is -1.92. The van der Waals surface area contributed by atoms with Gasteiger partial charge in [-0.05, 0) is 29.3 Å². The average Bonchev–Trinajstić information content (AvgIpc) is 2.83. The van der Waals surface area contributed by atoms with E-state index in [-0.39, 0.29) is 30.7 Å². The van der Waals surface area contributed by atoms with Gasteiger partial charge in [0.15, 0.2) is 9.84 Å². The molecule has 0 aromatic heterocycles. The number of nitrogens with zero attached hydrogens (tertiary/aromatic N) is 1. The smallest absolute Gasteiger partial charge is 0.253 e. The number of fused-ring (bicyclic) bond motifs is 1. The summed E-state index contributed by atoms with van der Waals surface area (Å²) in [7, 11) is -1.59. The van der Waals surface area contributed by atoms with Crippen LogP contribution in [0.5, 0.6) is 0 Å². The molecule has 1 unspecified atom stereocenters. The molecule has 132 valence electrons. The SMILES string of the molecule is COCC1CCS(=O)(=O)C12CN(C(=O)c1ccc3ccccc3c1)C2. The fourth-order valence-corrected chi connectivity index (χ4v) is 6.56. The average molecular weight is 359 g/mol. The second-order valence-electron chi connectivity index (χ2n) is 7.05. The van der Waals surface area contributed by atoms with Crippen molar-refractivity contribution in [3.8, 4) is 0 Å². The molecule has 4 rings (SSSR count). The molecule has 0 saturated carbocycles. The fourth-order valence-electron chi connectivity index (χ4n) is 4.16. The number of methoxy groups -OCH3 is 1. The molecule has 2 fully saturated rings. The van der Waals surface area contributed by atoms with Gasteiger partial charge in [-0.15, -0.1) is 0 Å². The summed E-state index contributed by atoms with van der Waals surface area (Å²) in [5.74, 6) is 0.0664. The minimum absolute atomic E-state index is 0.0249. The Morgan fingerprint density at radius 3 is 2.64 bits per heavy atom. The second kappa shape index (κ2) is 5.81. The zero-order chi connectivity index (χ0) is 17.7. The standard InChI is InChI=1S/C19H21NO4S/c1-24-11-17-8-9-25(22,23)19(17)12-20(13-19)18(21)16-7-6-14-4-2-3-5-15(14)10-16/h2-7,10,17H,8-9,11-13H2,1H3. The van der Waals surface area contributed by atoms with Crippen molar-refractivity contribution in [1.82, 2.24) is 4.90 Å². The topological polar surface area (TPSA) is 63.7 Å².